The van der Waals surface area contributed by atoms with Gasteiger partial charge in [0.15, 0.2) is 0 Å². The van der Waals surface area contributed by atoms with E-state index >= 15 is 0 Å². The molecule has 1 aliphatic rings. The average molecular weight is 203 g/mol. The van der Waals surface area contributed by atoms with Crippen molar-refractivity contribution in [2.24, 2.45) is 0 Å². The van der Waals surface area contributed by atoms with Crippen LogP contribution < -0.4 is 5.32 Å². The van der Waals surface area contributed by atoms with Crippen LogP contribution in [0.3, 0.4) is 0 Å². The Bertz CT molecular complexity index is 313. The molecule has 0 radical (unpaired) electrons. The van der Waals surface area contributed by atoms with Gasteiger partial charge in [0.05, 0.1) is 0 Å². The monoisotopic (exact) mass is 203 g/mol. The molecule has 0 amide bonds. The highest BCUT2D eigenvalue weighted by Gasteiger charge is 2.19. The van der Waals surface area contributed by atoms with Crippen LogP contribution in [-0.4, -0.2) is 6.04 Å². The third-order valence-corrected chi connectivity index (χ3v) is 3.24. The number of rotatable bonds is 4. The van der Waals surface area contributed by atoms with Crippen molar-refractivity contribution in [3.63, 3.8) is 0 Å². The van der Waals surface area contributed by atoms with Crippen molar-refractivity contribution in [1.29, 1.82) is 0 Å². The summed E-state index contributed by atoms with van der Waals surface area (Å²) in [7, 11) is 0. The summed E-state index contributed by atoms with van der Waals surface area (Å²) in [6.45, 7) is 5.38. The topological polar surface area (TPSA) is 12.0 Å². The molecule has 1 nitrogen and oxygen atoms in total. The quantitative estimate of drug-likeness (QED) is 0.790. The summed E-state index contributed by atoms with van der Waals surface area (Å²) >= 11 is 0. The van der Waals surface area contributed by atoms with Crippen LogP contribution in [0.4, 0.5) is 0 Å². The Morgan fingerprint density at radius 1 is 1.33 bits per heavy atom. The second-order valence-electron chi connectivity index (χ2n) is 4.91. The average Bonchev–Trinajstić information content (AvgIpc) is 2.13. The Balaban J connectivity index is 1.98. The molecular formula is C14H21N. The highest BCUT2D eigenvalue weighted by atomic mass is 14.9. The first-order valence-electron chi connectivity index (χ1n) is 6.08. The first-order chi connectivity index (χ1) is 7.25. The van der Waals surface area contributed by atoms with Crippen molar-refractivity contribution in [3.05, 3.63) is 35.4 Å². The van der Waals surface area contributed by atoms with Crippen LogP contribution in [0.5, 0.6) is 0 Å². The predicted octanol–water partition coefficient (Wildman–Crippen LogP) is 3.45. The predicted molar refractivity (Wildman–Crippen MR) is 65.0 cm³/mol. The van der Waals surface area contributed by atoms with E-state index in [2.05, 4.69) is 43.4 Å². The van der Waals surface area contributed by atoms with Crippen LogP contribution in [0, 0.1) is 0 Å². The Hall–Kier alpha value is -0.820. The van der Waals surface area contributed by atoms with Crippen LogP contribution in [0.25, 0.3) is 0 Å². The van der Waals surface area contributed by atoms with E-state index in [1.807, 2.05) is 0 Å². The molecule has 0 atom stereocenters. The summed E-state index contributed by atoms with van der Waals surface area (Å²) in [5.41, 5.74) is 2.97. The Morgan fingerprint density at radius 2 is 2.13 bits per heavy atom. The molecule has 1 fully saturated rings. The molecule has 1 aliphatic carbocycles. The highest BCUT2D eigenvalue weighted by molar-refractivity contribution is 5.27. The molecule has 1 N–H and O–H groups in total. The lowest BCUT2D eigenvalue weighted by Gasteiger charge is -2.26. The molecule has 1 aromatic rings. The first-order valence-corrected chi connectivity index (χ1v) is 6.08. The molecule has 15 heavy (non-hydrogen) atoms. The molecule has 82 valence electrons. The zero-order chi connectivity index (χ0) is 10.7. The van der Waals surface area contributed by atoms with Gasteiger partial charge in [-0.2, -0.15) is 0 Å². The lowest BCUT2D eigenvalue weighted by Crippen LogP contribution is -2.22. The Labute approximate surface area is 92.9 Å². The number of nitrogens with one attached hydrogen (secondary N) is 1. The van der Waals surface area contributed by atoms with E-state index in [0.717, 1.165) is 12.5 Å². The molecule has 0 heterocycles. The van der Waals surface area contributed by atoms with E-state index in [-0.39, 0.29) is 0 Å². The first kappa shape index (κ1) is 10.7. The largest absolute Gasteiger partial charge is 0.310 e. The third-order valence-electron chi connectivity index (χ3n) is 3.24. The maximum Gasteiger partial charge on any atom is 0.0207 e. The van der Waals surface area contributed by atoms with Crippen molar-refractivity contribution in [2.45, 2.75) is 51.6 Å². The Kier molecular flexibility index (Phi) is 3.42. The summed E-state index contributed by atoms with van der Waals surface area (Å²) in [6, 6.07) is 9.64. The van der Waals surface area contributed by atoms with E-state index in [1.54, 1.807) is 5.56 Å². The van der Waals surface area contributed by atoms with Crippen molar-refractivity contribution in [2.75, 3.05) is 0 Å². The molecule has 1 saturated carbocycles. The van der Waals surface area contributed by atoms with E-state index in [0.29, 0.717) is 6.04 Å². The lowest BCUT2D eigenvalue weighted by molar-refractivity contribution is 0.419. The second kappa shape index (κ2) is 4.80. The lowest BCUT2D eigenvalue weighted by atomic mass is 9.80. The van der Waals surface area contributed by atoms with Gasteiger partial charge in [0.25, 0.3) is 0 Å². The molecule has 0 saturated heterocycles. The van der Waals surface area contributed by atoms with E-state index in [1.165, 1.54) is 24.8 Å². The third kappa shape index (κ3) is 2.82. The van der Waals surface area contributed by atoms with Gasteiger partial charge in [0.2, 0.25) is 0 Å². The van der Waals surface area contributed by atoms with Crippen LogP contribution in [0.2, 0.25) is 0 Å². The zero-order valence-corrected chi connectivity index (χ0v) is 9.79. The smallest absolute Gasteiger partial charge is 0.0207 e. The van der Waals surface area contributed by atoms with Gasteiger partial charge in [-0.05, 0) is 29.9 Å². The second-order valence-corrected chi connectivity index (χ2v) is 4.91. The van der Waals surface area contributed by atoms with E-state index in [4.69, 9.17) is 0 Å². The van der Waals surface area contributed by atoms with Gasteiger partial charge < -0.3 is 5.32 Å². The SMILES string of the molecule is CC(C)NCc1cccc(C2CCC2)c1. The van der Waals surface area contributed by atoms with Crippen LogP contribution in [0.15, 0.2) is 24.3 Å². The fraction of sp³-hybridized carbons (Fsp3) is 0.571. The van der Waals surface area contributed by atoms with Gasteiger partial charge in [-0.1, -0.05) is 44.5 Å². The minimum Gasteiger partial charge on any atom is -0.310 e. The van der Waals surface area contributed by atoms with Gasteiger partial charge in [0, 0.05) is 12.6 Å². The molecule has 0 unspecified atom stereocenters. The van der Waals surface area contributed by atoms with Gasteiger partial charge in [-0.15, -0.1) is 0 Å². The fourth-order valence-electron chi connectivity index (χ4n) is 2.02. The number of hydrogen-bond acceptors (Lipinski definition) is 1. The number of hydrogen-bond donors (Lipinski definition) is 1. The van der Waals surface area contributed by atoms with Gasteiger partial charge >= 0.3 is 0 Å². The maximum absolute atomic E-state index is 3.46. The fourth-order valence-corrected chi connectivity index (χ4v) is 2.02. The standard InChI is InChI=1S/C14H21N/c1-11(2)15-10-12-5-3-8-14(9-12)13-6-4-7-13/h3,5,8-9,11,13,15H,4,6-7,10H2,1-2H3. The van der Waals surface area contributed by atoms with Gasteiger partial charge in [-0.25, -0.2) is 0 Å². The van der Waals surface area contributed by atoms with Crippen molar-refractivity contribution >= 4 is 0 Å². The maximum atomic E-state index is 3.46. The summed E-state index contributed by atoms with van der Waals surface area (Å²) < 4.78 is 0. The summed E-state index contributed by atoms with van der Waals surface area (Å²) in [5, 5.41) is 3.46. The summed E-state index contributed by atoms with van der Waals surface area (Å²) in [4.78, 5) is 0. The molecule has 1 heteroatoms. The van der Waals surface area contributed by atoms with Crippen LogP contribution >= 0.6 is 0 Å². The van der Waals surface area contributed by atoms with Crippen LogP contribution in [0.1, 0.15) is 50.2 Å². The molecule has 0 aromatic heterocycles. The summed E-state index contributed by atoms with van der Waals surface area (Å²) in [6.07, 6.45) is 4.20. The van der Waals surface area contributed by atoms with E-state index < -0.39 is 0 Å². The van der Waals surface area contributed by atoms with Crippen LogP contribution in [-0.2, 0) is 6.54 Å². The molecule has 2 rings (SSSR count). The van der Waals surface area contributed by atoms with Gasteiger partial charge in [-0.3, -0.25) is 0 Å². The Morgan fingerprint density at radius 3 is 2.73 bits per heavy atom. The minimum absolute atomic E-state index is 0.567. The highest BCUT2D eigenvalue weighted by Crippen LogP contribution is 2.36. The number of benzene rings is 1. The van der Waals surface area contributed by atoms with Crippen molar-refractivity contribution in [3.8, 4) is 0 Å². The zero-order valence-electron chi connectivity index (χ0n) is 9.79. The van der Waals surface area contributed by atoms with Crippen molar-refractivity contribution in [1.82, 2.24) is 5.32 Å². The molecule has 0 spiro atoms. The van der Waals surface area contributed by atoms with Crippen molar-refractivity contribution < 1.29 is 0 Å². The molecule has 1 aromatic carbocycles. The van der Waals surface area contributed by atoms with Gasteiger partial charge in [0.1, 0.15) is 0 Å². The van der Waals surface area contributed by atoms with E-state index in [9.17, 15) is 0 Å². The molecule has 0 aliphatic heterocycles. The molecular weight excluding hydrogens is 182 g/mol. The molecule has 0 bridgehead atoms. The normalized spacial score (nSPS) is 16.7. The minimum atomic E-state index is 0.567. The summed E-state index contributed by atoms with van der Waals surface area (Å²) in [5.74, 6) is 0.851.